The third-order valence-corrected chi connectivity index (χ3v) is 4.18. The molecule has 0 amide bonds. The second kappa shape index (κ2) is 6.17. The molecule has 0 spiro atoms. The van der Waals surface area contributed by atoms with Crippen LogP contribution in [0.1, 0.15) is 39.5 Å². The zero-order valence-electron chi connectivity index (χ0n) is 11.5. The van der Waals surface area contributed by atoms with Crippen LogP contribution in [0.15, 0.2) is 0 Å². The predicted octanol–water partition coefficient (Wildman–Crippen LogP) is 1.88. The van der Waals surface area contributed by atoms with E-state index in [1.165, 1.54) is 38.8 Å². The minimum atomic E-state index is 0.377. The van der Waals surface area contributed by atoms with Gasteiger partial charge in [-0.25, -0.2) is 0 Å². The maximum Gasteiger partial charge on any atom is 0.0593 e. The molecule has 1 saturated carbocycles. The Bertz CT molecular complexity index is 230. The Hall–Kier alpha value is -0.120. The second-order valence-corrected chi connectivity index (χ2v) is 5.86. The summed E-state index contributed by atoms with van der Waals surface area (Å²) in [6.07, 6.45) is 5.27. The van der Waals surface area contributed by atoms with Crippen LogP contribution < -0.4 is 5.32 Å². The van der Waals surface area contributed by atoms with Gasteiger partial charge in [0.25, 0.3) is 0 Å². The SMILES string of the molecule is CCCCOCCN1CCNC(C)(C2CC2)C1. The molecular formula is C14H28N2O. The van der Waals surface area contributed by atoms with Crippen molar-refractivity contribution in [1.29, 1.82) is 0 Å². The molecule has 0 bridgehead atoms. The van der Waals surface area contributed by atoms with Gasteiger partial charge in [0, 0.05) is 38.3 Å². The van der Waals surface area contributed by atoms with E-state index in [2.05, 4.69) is 24.1 Å². The summed E-state index contributed by atoms with van der Waals surface area (Å²) >= 11 is 0. The highest BCUT2D eigenvalue weighted by atomic mass is 16.5. The standard InChI is InChI=1S/C14H28N2O/c1-3-4-10-17-11-9-16-8-7-15-14(2,12-16)13-5-6-13/h13,15H,3-12H2,1-2H3. The summed E-state index contributed by atoms with van der Waals surface area (Å²) in [4.78, 5) is 2.57. The Morgan fingerprint density at radius 3 is 2.88 bits per heavy atom. The smallest absolute Gasteiger partial charge is 0.0593 e. The van der Waals surface area contributed by atoms with Crippen LogP contribution in [-0.4, -0.2) is 49.8 Å². The molecular weight excluding hydrogens is 212 g/mol. The minimum Gasteiger partial charge on any atom is -0.380 e. The highest BCUT2D eigenvalue weighted by Crippen LogP contribution is 2.40. The highest BCUT2D eigenvalue weighted by Gasteiger charge is 2.43. The third kappa shape index (κ3) is 3.94. The molecule has 100 valence electrons. The maximum atomic E-state index is 5.66. The van der Waals surface area contributed by atoms with Gasteiger partial charge in [-0.15, -0.1) is 0 Å². The molecule has 1 heterocycles. The molecule has 1 N–H and O–H groups in total. The van der Waals surface area contributed by atoms with Gasteiger partial charge in [0.1, 0.15) is 0 Å². The fourth-order valence-electron chi connectivity index (χ4n) is 2.83. The first-order chi connectivity index (χ1) is 8.24. The summed E-state index contributed by atoms with van der Waals surface area (Å²) in [6, 6.07) is 0. The van der Waals surface area contributed by atoms with Gasteiger partial charge in [-0.2, -0.15) is 0 Å². The van der Waals surface area contributed by atoms with Gasteiger partial charge in [0.05, 0.1) is 6.61 Å². The molecule has 1 saturated heterocycles. The lowest BCUT2D eigenvalue weighted by Gasteiger charge is -2.42. The summed E-state index contributed by atoms with van der Waals surface area (Å²) in [6.45, 7) is 11.1. The van der Waals surface area contributed by atoms with E-state index in [-0.39, 0.29) is 0 Å². The monoisotopic (exact) mass is 240 g/mol. The first-order valence-corrected chi connectivity index (χ1v) is 7.30. The van der Waals surface area contributed by atoms with E-state index in [0.29, 0.717) is 5.54 Å². The molecule has 2 aliphatic rings. The summed E-state index contributed by atoms with van der Waals surface area (Å²) in [7, 11) is 0. The molecule has 1 unspecified atom stereocenters. The average molecular weight is 240 g/mol. The lowest BCUT2D eigenvalue weighted by Crippen LogP contribution is -2.60. The molecule has 3 nitrogen and oxygen atoms in total. The Morgan fingerprint density at radius 2 is 2.18 bits per heavy atom. The molecule has 1 aliphatic carbocycles. The normalized spacial score (nSPS) is 30.7. The Labute approximate surface area is 106 Å². The van der Waals surface area contributed by atoms with Gasteiger partial charge in [-0.1, -0.05) is 13.3 Å². The van der Waals surface area contributed by atoms with Gasteiger partial charge in [-0.05, 0) is 32.1 Å². The largest absolute Gasteiger partial charge is 0.380 e. The van der Waals surface area contributed by atoms with E-state index >= 15 is 0 Å². The molecule has 17 heavy (non-hydrogen) atoms. The van der Waals surface area contributed by atoms with E-state index in [1.54, 1.807) is 0 Å². The van der Waals surface area contributed by atoms with Gasteiger partial charge in [0.15, 0.2) is 0 Å². The van der Waals surface area contributed by atoms with E-state index in [9.17, 15) is 0 Å². The van der Waals surface area contributed by atoms with E-state index < -0.39 is 0 Å². The number of rotatable bonds is 7. The van der Waals surface area contributed by atoms with E-state index in [0.717, 1.165) is 32.2 Å². The zero-order valence-corrected chi connectivity index (χ0v) is 11.5. The van der Waals surface area contributed by atoms with Gasteiger partial charge in [0.2, 0.25) is 0 Å². The number of ether oxygens (including phenoxy) is 1. The number of unbranched alkanes of at least 4 members (excludes halogenated alkanes) is 1. The molecule has 1 aliphatic heterocycles. The first kappa shape index (κ1) is 13.3. The summed E-state index contributed by atoms with van der Waals surface area (Å²) < 4.78 is 5.66. The number of piperazine rings is 1. The number of hydrogen-bond donors (Lipinski definition) is 1. The number of nitrogens with zero attached hydrogens (tertiary/aromatic N) is 1. The lowest BCUT2D eigenvalue weighted by atomic mass is 9.93. The molecule has 2 fully saturated rings. The predicted molar refractivity (Wildman–Crippen MR) is 71.3 cm³/mol. The van der Waals surface area contributed by atoms with E-state index in [4.69, 9.17) is 4.74 Å². The first-order valence-electron chi connectivity index (χ1n) is 7.30. The van der Waals surface area contributed by atoms with Crippen molar-refractivity contribution in [3.63, 3.8) is 0 Å². The van der Waals surface area contributed by atoms with Crippen molar-refractivity contribution in [1.82, 2.24) is 10.2 Å². The molecule has 0 radical (unpaired) electrons. The Kier molecular flexibility index (Phi) is 4.83. The van der Waals surface area contributed by atoms with Crippen LogP contribution in [-0.2, 0) is 4.74 Å². The fourth-order valence-corrected chi connectivity index (χ4v) is 2.83. The van der Waals surface area contributed by atoms with Crippen LogP contribution in [0.5, 0.6) is 0 Å². The Balaban J connectivity index is 1.63. The van der Waals surface area contributed by atoms with Crippen molar-refractivity contribution >= 4 is 0 Å². The Morgan fingerprint density at radius 1 is 1.35 bits per heavy atom. The third-order valence-electron chi connectivity index (χ3n) is 4.18. The number of nitrogens with one attached hydrogen (secondary N) is 1. The summed E-state index contributed by atoms with van der Waals surface area (Å²) in [5.41, 5.74) is 0.377. The topological polar surface area (TPSA) is 24.5 Å². The lowest BCUT2D eigenvalue weighted by molar-refractivity contribution is 0.0698. The molecule has 0 aromatic heterocycles. The highest BCUT2D eigenvalue weighted by molar-refractivity contribution is 5.01. The fraction of sp³-hybridized carbons (Fsp3) is 1.00. The van der Waals surface area contributed by atoms with Crippen molar-refractivity contribution in [2.24, 2.45) is 5.92 Å². The molecule has 1 atom stereocenters. The molecule has 3 heteroatoms. The van der Waals surface area contributed by atoms with Gasteiger partial charge >= 0.3 is 0 Å². The quantitative estimate of drug-likeness (QED) is 0.688. The van der Waals surface area contributed by atoms with Gasteiger partial charge in [-0.3, -0.25) is 4.90 Å². The van der Waals surface area contributed by atoms with Crippen LogP contribution in [0, 0.1) is 5.92 Å². The molecule has 0 aromatic carbocycles. The van der Waals surface area contributed by atoms with Crippen LogP contribution in [0.2, 0.25) is 0 Å². The minimum absolute atomic E-state index is 0.377. The summed E-state index contributed by atoms with van der Waals surface area (Å²) in [5, 5.41) is 3.72. The zero-order chi connectivity index (χ0) is 12.1. The van der Waals surface area contributed by atoms with Crippen LogP contribution in [0.3, 0.4) is 0 Å². The van der Waals surface area contributed by atoms with Crippen molar-refractivity contribution in [3.05, 3.63) is 0 Å². The van der Waals surface area contributed by atoms with Crippen LogP contribution in [0.4, 0.5) is 0 Å². The van der Waals surface area contributed by atoms with Crippen molar-refractivity contribution in [3.8, 4) is 0 Å². The molecule has 0 aromatic rings. The molecule has 2 rings (SSSR count). The second-order valence-electron chi connectivity index (χ2n) is 5.86. The van der Waals surface area contributed by atoms with Crippen LogP contribution in [0.25, 0.3) is 0 Å². The maximum absolute atomic E-state index is 5.66. The number of hydrogen-bond acceptors (Lipinski definition) is 3. The van der Waals surface area contributed by atoms with Crippen molar-refractivity contribution < 1.29 is 4.74 Å². The van der Waals surface area contributed by atoms with E-state index in [1.807, 2.05) is 0 Å². The summed E-state index contributed by atoms with van der Waals surface area (Å²) in [5.74, 6) is 0.923. The average Bonchev–Trinajstić information content (AvgIpc) is 3.13. The van der Waals surface area contributed by atoms with Crippen molar-refractivity contribution in [2.75, 3.05) is 39.4 Å². The van der Waals surface area contributed by atoms with Crippen LogP contribution >= 0.6 is 0 Å². The van der Waals surface area contributed by atoms with Crippen molar-refractivity contribution in [2.45, 2.75) is 45.1 Å². The van der Waals surface area contributed by atoms with Gasteiger partial charge < -0.3 is 10.1 Å².